The molecular formula is C6H13NSn. The molecule has 0 aromatic carbocycles. The fraction of sp³-hybridized carbons (Fsp3) is 1.00. The number of rotatable bonds is 1. The predicted molar refractivity (Wildman–Crippen MR) is 36.8 cm³/mol. The molecule has 0 aromatic heterocycles. The first-order chi connectivity index (χ1) is 3.93. The Bertz CT molecular complexity index is 59.5. The van der Waals surface area contributed by atoms with E-state index in [-0.39, 0.29) is 21.4 Å². The second-order valence-electron chi connectivity index (χ2n) is 2.50. The van der Waals surface area contributed by atoms with Crippen LogP contribution in [0.5, 0.6) is 0 Å². The second kappa shape index (κ2) is 3.72. The van der Waals surface area contributed by atoms with Gasteiger partial charge in [-0.05, 0) is 0 Å². The quantitative estimate of drug-likeness (QED) is 0.659. The summed E-state index contributed by atoms with van der Waals surface area (Å²) in [4.78, 5) is 0. The summed E-state index contributed by atoms with van der Waals surface area (Å²) in [6, 6.07) is 0. The van der Waals surface area contributed by atoms with Crippen LogP contribution < -0.4 is 3.96 Å². The molecule has 0 saturated heterocycles. The molecule has 1 aliphatic rings. The van der Waals surface area contributed by atoms with Crippen molar-refractivity contribution in [1.29, 1.82) is 0 Å². The first kappa shape index (κ1) is 6.87. The van der Waals surface area contributed by atoms with Gasteiger partial charge in [0.25, 0.3) is 0 Å². The molecule has 1 nitrogen and oxygen atoms in total. The van der Waals surface area contributed by atoms with Gasteiger partial charge in [0.1, 0.15) is 0 Å². The monoisotopic (exact) mass is 219 g/mol. The van der Waals surface area contributed by atoms with E-state index in [0.29, 0.717) is 0 Å². The van der Waals surface area contributed by atoms with Gasteiger partial charge in [-0.1, -0.05) is 0 Å². The van der Waals surface area contributed by atoms with E-state index in [4.69, 9.17) is 3.96 Å². The molecule has 0 spiro atoms. The zero-order valence-corrected chi connectivity index (χ0v) is 8.04. The van der Waals surface area contributed by atoms with Gasteiger partial charge >= 0.3 is 61.4 Å². The summed E-state index contributed by atoms with van der Waals surface area (Å²) in [6.07, 6.45) is 7.31. The van der Waals surface area contributed by atoms with E-state index < -0.39 is 0 Å². The van der Waals surface area contributed by atoms with Crippen LogP contribution in [0.25, 0.3) is 0 Å². The Morgan fingerprint density at radius 3 is 2.12 bits per heavy atom. The Kier molecular flexibility index (Phi) is 3.20. The minimum absolute atomic E-state index is 0.367. The molecule has 0 aromatic rings. The van der Waals surface area contributed by atoms with E-state index in [1.165, 1.54) is 32.1 Å². The molecule has 8 heavy (non-hydrogen) atoms. The third kappa shape index (κ3) is 1.94. The van der Waals surface area contributed by atoms with Crippen LogP contribution in [-0.2, 0) is 0 Å². The molecule has 46 valence electrons. The van der Waals surface area contributed by atoms with Crippen LogP contribution in [0.15, 0.2) is 0 Å². The van der Waals surface area contributed by atoms with Gasteiger partial charge in [-0.25, -0.2) is 0 Å². The molecule has 1 aliphatic carbocycles. The summed E-state index contributed by atoms with van der Waals surface area (Å²) >= 11 is -0.367. The third-order valence-electron chi connectivity index (χ3n) is 1.84. The van der Waals surface area contributed by atoms with Crippen molar-refractivity contribution in [2.45, 2.75) is 36.0 Å². The van der Waals surface area contributed by atoms with E-state index in [9.17, 15) is 0 Å². The fourth-order valence-electron chi connectivity index (χ4n) is 1.27. The Labute approximate surface area is 61.6 Å². The van der Waals surface area contributed by atoms with Crippen molar-refractivity contribution in [2.75, 3.05) is 0 Å². The second-order valence-corrected chi connectivity index (χ2v) is 5.78. The molecule has 1 fully saturated rings. The van der Waals surface area contributed by atoms with Gasteiger partial charge in [-0.3, -0.25) is 0 Å². The zero-order valence-electron chi connectivity index (χ0n) is 5.19. The molecule has 0 aliphatic heterocycles. The van der Waals surface area contributed by atoms with Crippen LogP contribution in [0.1, 0.15) is 32.1 Å². The van der Waals surface area contributed by atoms with E-state index in [0.717, 1.165) is 3.93 Å². The summed E-state index contributed by atoms with van der Waals surface area (Å²) in [5.41, 5.74) is 0. The summed E-state index contributed by atoms with van der Waals surface area (Å²) in [5, 5.41) is 0. The van der Waals surface area contributed by atoms with E-state index in [1.54, 1.807) is 0 Å². The molecule has 1 rings (SSSR count). The van der Waals surface area contributed by atoms with Crippen molar-refractivity contribution in [2.24, 2.45) is 3.96 Å². The molecule has 0 bridgehead atoms. The van der Waals surface area contributed by atoms with Gasteiger partial charge in [0, 0.05) is 0 Å². The number of nitrogens with two attached hydrogens (primary N) is 1. The van der Waals surface area contributed by atoms with Crippen molar-refractivity contribution in [3.05, 3.63) is 0 Å². The van der Waals surface area contributed by atoms with Crippen molar-refractivity contribution < 1.29 is 0 Å². The van der Waals surface area contributed by atoms with E-state index in [1.807, 2.05) is 0 Å². The van der Waals surface area contributed by atoms with E-state index >= 15 is 0 Å². The molecule has 0 heterocycles. The maximum atomic E-state index is 5.67. The van der Waals surface area contributed by atoms with Crippen molar-refractivity contribution in [3.8, 4) is 0 Å². The number of hydrogen-bond donors (Lipinski definition) is 1. The van der Waals surface area contributed by atoms with Crippen LogP contribution in [0, 0.1) is 0 Å². The molecule has 2 heteroatoms. The van der Waals surface area contributed by atoms with Crippen molar-refractivity contribution in [3.63, 3.8) is 0 Å². The van der Waals surface area contributed by atoms with Gasteiger partial charge in [0.05, 0.1) is 0 Å². The van der Waals surface area contributed by atoms with Crippen molar-refractivity contribution >= 4 is 21.4 Å². The number of hydrogen-bond acceptors (Lipinski definition) is 1. The van der Waals surface area contributed by atoms with Crippen LogP contribution >= 0.6 is 0 Å². The Morgan fingerprint density at radius 1 is 1.12 bits per heavy atom. The summed E-state index contributed by atoms with van der Waals surface area (Å²) in [6.45, 7) is 0. The zero-order chi connectivity index (χ0) is 5.82. The normalized spacial score (nSPS) is 23.6. The molecule has 2 N–H and O–H groups in total. The minimum atomic E-state index is -0.367. The standard InChI is InChI=1S/C6H11.H2N.Sn/c1-2-4-6-5-3-1;;/h1H,2-6H2;1H2;/q;-1;+1. The Balaban J connectivity index is 2.13. The van der Waals surface area contributed by atoms with Crippen LogP contribution in [0.4, 0.5) is 0 Å². The van der Waals surface area contributed by atoms with Crippen molar-refractivity contribution in [1.82, 2.24) is 0 Å². The van der Waals surface area contributed by atoms with Crippen LogP contribution in [0.3, 0.4) is 0 Å². The van der Waals surface area contributed by atoms with Gasteiger partial charge < -0.3 is 0 Å². The Hall–Kier alpha value is 0.759. The SMILES string of the molecule is [NH2][Sn][CH]1CCCCC1. The average Bonchev–Trinajstić information content (AvgIpc) is 1.90. The summed E-state index contributed by atoms with van der Waals surface area (Å²) < 4.78 is 6.71. The first-order valence-electron chi connectivity index (χ1n) is 3.39. The van der Waals surface area contributed by atoms with Gasteiger partial charge in [-0.2, -0.15) is 0 Å². The molecule has 1 saturated carbocycles. The van der Waals surface area contributed by atoms with Gasteiger partial charge in [0.2, 0.25) is 0 Å². The third-order valence-corrected chi connectivity index (χ3v) is 4.83. The molecular weight excluding hydrogens is 205 g/mol. The van der Waals surface area contributed by atoms with Crippen LogP contribution in [-0.4, -0.2) is 21.4 Å². The topological polar surface area (TPSA) is 26.0 Å². The predicted octanol–water partition coefficient (Wildman–Crippen LogP) is 1.32. The first-order valence-corrected chi connectivity index (χ1v) is 6.69. The molecule has 0 atom stereocenters. The van der Waals surface area contributed by atoms with Gasteiger partial charge in [-0.15, -0.1) is 0 Å². The average molecular weight is 218 g/mol. The molecule has 0 amide bonds. The molecule has 2 radical (unpaired) electrons. The van der Waals surface area contributed by atoms with Crippen LogP contribution in [0.2, 0.25) is 3.93 Å². The van der Waals surface area contributed by atoms with Gasteiger partial charge in [0.15, 0.2) is 0 Å². The Morgan fingerprint density at radius 2 is 1.75 bits per heavy atom. The summed E-state index contributed by atoms with van der Waals surface area (Å²) in [5.74, 6) is 0. The summed E-state index contributed by atoms with van der Waals surface area (Å²) in [7, 11) is 0. The van der Waals surface area contributed by atoms with E-state index in [2.05, 4.69) is 0 Å². The maximum absolute atomic E-state index is 5.67. The fourth-order valence-corrected chi connectivity index (χ4v) is 3.39. The molecule has 0 unspecified atom stereocenters.